The van der Waals surface area contributed by atoms with Crippen molar-refractivity contribution in [3.63, 3.8) is 0 Å². The molecule has 3 rings (SSSR count). The molecule has 1 aromatic rings. The molecule has 1 aliphatic carbocycles. The third kappa shape index (κ3) is 6.10. The van der Waals surface area contributed by atoms with Crippen molar-refractivity contribution in [3.05, 3.63) is 35.4 Å². The number of hydrogen-bond acceptors (Lipinski definition) is 3. The lowest BCUT2D eigenvalue weighted by Gasteiger charge is -2.43. The molecule has 1 heterocycles. The van der Waals surface area contributed by atoms with Gasteiger partial charge in [0.25, 0.3) is 0 Å². The summed E-state index contributed by atoms with van der Waals surface area (Å²) in [5.74, 6) is 3.38. The second-order valence-electron chi connectivity index (χ2n) is 9.91. The van der Waals surface area contributed by atoms with Crippen molar-refractivity contribution in [3.8, 4) is 11.5 Å². The van der Waals surface area contributed by atoms with Crippen LogP contribution in [0.3, 0.4) is 0 Å². The lowest BCUT2D eigenvalue weighted by atomic mass is 9.72. The van der Waals surface area contributed by atoms with Crippen LogP contribution in [-0.2, 0) is 0 Å². The maximum Gasteiger partial charge on any atom is 0.407 e. The minimum atomic E-state index is -1.45. The summed E-state index contributed by atoms with van der Waals surface area (Å²) in [7, 11) is -1.45. The Kier molecular flexibility index (Phi) is 7.28. The zero-order valence-corrected chi connectivity index (χ0v) is 19.7. The van der Waals surface area contributed by atoms with Gasteiger partial charge in [-0.3, -0.25) is 4.90 Å². The van der Waals surface area contributed by atoms with Crippen molar-refractivity contribution in [1.29, 1.82) is 0 Å². The van der Waals surface area contributed by atoms with Gasteiger partial charge in [-0.15, -0.1) is 5.54 Å². The molecule has 1 unspecified atom stereocenters. The number of carbonyl (C=O) groups is 1. The number of amides is 1. The van der Waals surface area contributed by atoms with E-state index in [2.05, 4.69) is 60.3 Å². The van der Waals surface area contributed by atoms with Crippen molar-refractivity contribution in [2.75, 3.05) is 32.7 Å². The van der Waals surface area contributed by atoms with E-state index in [9.17, 15) is 15.0 Å². The van der Waals surface area contributed by atoms with Crippen molar-refractivity contribution >= 4 is 14.2 Å². The minimum absolute atomic E-state index is 0.0165. The van der Waals surface area contributed by atoms with Gasteiger partial charge in [0.15, 0.2) is 0 Å². The number of rotatable bonds is 4. The molecule has 2 aliphatic rings. The van der Waals surface area contributed by atoms with E-state index in [1.54, 1.807) is 0 Å². The molecule has 164 valence electrons. The lowest BCUT2D eigenvalue weighted by molar-refractivity contribution is -0.0338. The first-order valence-corrected chi connectivity index (χ1v) is 14.7. The Morgan fingerprint density at radius 1 is 1.13 bits per heavy atom. The van der Waals surface area contributed by atoms with Gasteiger partial charge in [0, 0.05) is 44.2 Å². The molecule has 0 spiro atoms. The van der Waals surface area contributed by atoms with E-state index >= 15 is 0 Å². The van der Waals surface area contributed by atoms with Gasteiger partial charge < -0.3 is 15.1 Å². The fraction of sp³-hybridized carbons (Fsp3) is 0.625. The molecule has 2 N–H and O–H groups in total. The van der Waals surface area contributed by atoms with Crippen LogP contribution in [0.25, 0.3) is 0 Å². The maximum absolute atomic E-state index is 11.6. The molecule has 1 saturated carbocycles. The Bertz CT molecular complexity index is 795. The highest BCUT2D eigenvalue weighted by molar-refractivity contribution is 6.83. The van der Waals surface area contributed by atoms with E-state index in [1.807, 2.05) is 0 Å². The van der Waals surface area contributed by atoms with Gasteiger partial charge in [-0.05, 0) is 30.5 Å². The third-order valence-electron chi connectivity index (χ3n) is 6.32. The molecule has 0 radical (unpaired) electrons. The quantitative estimate of drug-likeness (QED) is 0.562. The zero-order chi connectivity index (χ0) is 21.8. The highest BCUT2D eigenvalue weighted by Crippen LogP contribution is 2.40. The summed E-state index contributed by atoms with van der Waals surface area (Å²) in [5.41, 5.74) is 4.92. The highest BCUT2D eigenvalue weighted by atomic mass is 28.3. The van der Waals surface area contributed by atoms with Crippen LogP contribution < -0.4 is 0 Å². The fourth-order valence-electron chi connectivity index (χ4n) is 4.57. The molecule has 1 aromatic carbocycles. The monoisotopic (exact) mass is 428 g/mol. The van der Waals surface area contributed by atoms with Crippen LogP contribution in [0.15, 0.2) is 24.3 Å². The van der Waals surface area contributed by atoms with Crippen molar-refractivity contribution in [2.24, 2.45) is 0 Å². The first kappa shape index (κ1) is 22.9. The first-order chi connectivity index (χ1) is 14.2. The SMILES string of the molecule is C[Si](C)(C)C#Cc1cccc(C(CN2CCN(C(=O)O)CC2)C2(O)CCCCC2)c1. The van der Waals surface area contributed by atoms with Gasteiger partial charge in [-0.1, -0.05) is 57.0 Å². The van der Waals surface area contributed by atoms with Crippen LogP contribution in [0.5, 0.6) is 0 Å². The topological polar surface area (TPSA) is 64.0 Å². The van der Waals surface area contributed by atoms with Gasteiger partial charge in [0.1, 0.15) is 8.07 Å². The van der Waals surface area contributed by atoms with Crippen molar-refractivity contribution < 1.29 is 15.0 Å². The Morgan fingerprint density at radius 3 is 2.40 bits per heavy atom. The normalized spacial score (nSPS) is 20.9. The molecule has 1 atom stereocenters. The molecule has 2 fully saturated rings. The van der Waals surface area contributed by atoms with E-state index in [1.165, 1.54) is 11.3 Å². The predicted molar refractivity (Wildman–Crippen MR) is 123 cm³/mol. The summed E-state index contributed by atoms with van der Waals surface area (Å²) >= 11 is 0. The van der Waals surface area contributed by atoms with E-state index in [0.29, 0.717) is 26.2 Å². The van der Waals surface area contributed by atoms with Gasteiger partial charge in [-0.25, -0.2) is 4.79 Å². The molecule has 1 saturated heterocycles. The maximum atomic E-state index is 11.6. The van der Waals surface area contributed by atoms with Crippen LogP contribution in [0, 0.1) is 11.5 Å². The summed E-state index contributed by atoms with van der Waals surface area (Å²) in [6, 6.07) is 8.41. The highest BCUT2D eigenvalue weighted by Gasteiger charge is 2.40. The number of aliphatic hydroxyl groups is 1. The molecule has 0 aromatic heterocycles. The molecule has 5 nitrogen and oxygen atoms in total. The fourth-order valence-corrected chi connectivity index (χ4v) is 5.09. The predicted octanol–water partition coefficient (Wildman–Crippen LogP) is 3.99. The van der Waals surface area contributed by atoms with Crippen LogP contribution in [0.1, 0.15) is 49.1 Å². The first-order valence-electron chi connectivity index (χ1n) is 11.2. The molecular formula is C24H36N2O3Si. The van der Waals surface area contributed by atoms with Gasteiger partial charge in [0.2, 0.25) is 0 Å². The van der Waals surface area contributed by atoms with E-state index < -0.39 is 19.8 Å². The largest absolute Gasteiger partial charge is 0.465 e. The van der Waals surface area contributed by atoms with E-state index in [4.69, 9.17) is 0 Å². The van der Waals surface area contributed by atoms with E-state index in [-0.39, 0.29) is 5.92 Å². The second kappa shape index (κ2) is 9.55. The average Bonchev–Trinajstić information content (AvgIpc) is 2.71. The Labute approximate surface area is 182 Å². The van der Waals surface area contributed by atoms with E-state index in [0.717, 1.165) is 43.4 Å². The Hall–Kier alpha value is -1.81. The van der Waals surface area contributed by atoms with Crippen molar-refractivity contribution in [1.82, 2.24) is 9.80 Å². The third-order valence-corrected chi connectivity index (χ3v) is 7.20. The van der Waals surface area contributed by atoms with Gasteiger partial charge >= 0.3 is 6.09 Å². The summed E-state index contributed by atoms with van der Waals surface area (Å²) in [5, 5.41) is 20.9. The van der Waals surface area contributed by atoms with Crippen LogP contribution in [0.4, 0.5) is 4.79 Å². The van der Waals surface area contributed by atoms with Crippen LogP contribution in [-0.4, -0.2) is 72.5 Å². The Morgan fingerprint density at radius 2 is 1.80 bits per heavy atom. The molecular weight excluding hydrogens is 392 g/mol. The standard InChI is InChI=1S/C24H36N2O3Si/c1-30(2,3)17-10-20-8-7-9-21(18-20)22(24(29)11-5-4-6-12-24)19-25-13-15-26(16-14-25)23(27)28/h7-9,18,22,29H,4-6,11-16,19H2,1-3H3,(H,27,28). The second-order valence-corrected chi connectivity index (χ2v) is 14.7. The van der Waals surface area contributed by atoms with Crippen molar-refractivity contribution in [2.45, 2.75) is 63.3 Å². The van der Waals surface area contributed by atoms with Gasteiger partial charge in [0.05, 0.1) is 5.60 Å². The number of benzene rings is 1. The zero-order valence-electron chi connectivity index (χ0n) is 18.7. The number of hydrogen-bond donors (Lipinski definition) is 2. The number of carboxylic acid groups (broad SMARTS) is 1. The number of nitrogens with zero attached hydrogens (tertiary/aromatic N) is 2. The molecule has 6 heteroatoms. The summed E-state index contributed by atoms with van der Waals surface area (Å²) in [6.07, 6.45) is 4.14. The summed E-state index contributed by atoms with van der Waals surface area (Å²) in [6.45, 7) is 9.98. The Balaban J connectivity index is 1.83. The minimum Gasteiger partial charge on any atom is -0.465 e. The van der Waals surface area contributed by atoms with Crippen LogP contribution >= 0.6 is 0 Å². The molecule has 0 bridgehead atoms. The molecule has 1 aliphatic heterocycles. The smallest absolute Gasteiger partial charge is 0.407 e. The summed E-state index contributed by atoms with van der Waals surface area (Å²) < 4.78 is 0. The van der Waals surface area contributed by atoms with Gasteiger partial charge in [-0.2, -0.15) is 0 Å². The average molecular weight is 429 g/mol. The molecule has 30 heavy (non-hydrogen) atoms. The van der Waals surface area contributed by atoms with Crippen LogP contribution in [0.2, 0.25) is 19.6 Å². The molecule has 1 amide bonds. The lowest BCUT2D eigenvalue weighted by Crippen LogP contribution is -2.51. The summed E-state index contributed by atoms with van der Waals surface area (Å²) in [4.78, 5) is 15.0. The number of piperazine rings is 1.